The number of cyclic esters (lactones) is 1. The second-order valence-corrected chi connectivity index (χ2v) is 10.5. The van der Waals surface area contributed by atoms with Gasteiger partial charge in [-0.25, -0.2) is 4.79 Å². The molecule has 3 heterocycles. The highest BCUT2D eigenvalue weighted by Crippen LogP contribution is 2.69. The predicted molar refractivity (Wildman–Crippen MR) is 94.9 cm³/mol. The first-order chi connectivity index (χ1) is 12.6. The second kappa shape index (κ2) is 5.19. The molecule has 0 aromatic rings. The van der Waals surface area contributed by atoms with Crippen LogP contribution in [0.4, 0.5) is 4.79 Å². The van der Waals surface area contributed by atoms with Crippen molar-refractivity contribution in [1.29, 1.82) is 0 Å². The number of carbonyl (C=O) groups is 2. The van der Waals surface area contributed by atoms with Crippen LogP contribution in [0, 0.1) is 22.7 Å². The Bertz CT molecular complexity index is 703. The summed E-state index contributed by atoms with van der Waals surface area (Å²) in [6.07, 6.45) is 4.23. The zero-order valence-corrected chi connectivity index (χ0v) is 16.7. The standard InChI is InChI=1S/C21H30O6/c1-12-14-15(26-17(23)25-14)16-18(2,3)6-5-7-19(16,4)21(12)9-8-20(27-21)10-13(22)24-11-20/h12,14-16H,5-11H2,1-4H3/t12-,14+,15+,16-,19-,20-,21+/m0/s1. The highest BCUT2D eigenvalue weighted by Gasteiger charge is 2.74. The van der Waals surface area contributed by atoms with Crippen molar-refractivity contribution in [2.45, 2.75) is 89.6 Å². The third kappa shape index (κ3) is 2.11. The van der Waals surface area contributed by atoms with Gasteiger partial charge in [-0.15, -0.1) is 0 Å². The molecule has 0 radical (unpaired) electrons. The van der Waals surface area contributed by atoms with Gasteiger partial charge in [0.15, 0.2) is 0 Å². The van der Waals surface area contributed by atoms with Crippen LogP contribution in [0.25, 0.3) is 0 Å². The minimum atomic E-state index is -0.551. The highest BCUT2D eigenvalue weighted by molar-refractivity contribution is 5.73. The highest BCUT2D eigenvalue weighted by atomic mass is 16.8. The lowest BCUT2D eigenvalue weighted by atomic mass is 9.43. The molecule has 2 aliphatic carbocycles. The topological polar surface area (TPSA) is 71.1 Å². The van der Waals surface area contributed by atoms with Gasteiger partial charge < -0.3 is 18.9 Å². The van der Waals surface area contributed by atoms with Crippen LogP contribution in [0.2, 0.25) is 0 Å². The molecular weight excluding hydrogens is 348 g/mol. The fourth-order valence-electron chi connectivity index (χ4n) is 7.61. The molecule has 0 bridgehead atoms. The minimum Gasteiger partial charge on any atom is -0.463 e. The number of esters is 1. The van der Waals surface area contributed by atoms with E-state index in [1.807, 2.05) is 0 Å². The first-order valence-electron chi connectivity index (χ1n) is 10.4. The van der Waals surface area contributed by atoms with E-state index in [-0.39, 0.29) is 40.8 Å². The van der Waals surface area contributed by atoms with E-state index in [1.165, 1.54) is 0 Å². The van der Waals surface area contributed by atoms with E-state index < -0.39 is 17.4 Å². The van der Waals surface area contributed by atoms with Gasteiger partial charge in [-0.1, -0.05) is 34.1 Å². The summed E-state index contributed by atoms with van der Waals surface area (Å²) >= 11 is 0. The molecule has 2 saturated carbocycles. The van der Waals surface area contributed by atoms with E-state index >= 15 is 0 Å². The largest absolute Gasteiger partial charge is 0.509 e. The predicted octanol–water partition coefficient (Wildman–Crippen LogP) is 3.61. The fraction of sp³-hybridized carbons (Fsp3) is 0.905. The smallest absolute Gasteiger partial charge is 0.463 e. The number of hydrogen-bond donors (Lipinski definition) is 0. The van der Waals surface area contributed by atoms with Crippen molar-refractivity contribution in [2.75, 3.05) is 6.61 Å². The molecule has 150 valence electrons. The second-order valence-electron chi connectivity index (χ2n) is 10.5. The Hall–Kier alpha value is -1.30. The van der Waals surface area contributed by atoms with Crippen LogP contribution in [-0.2, 0) is 23.7 Å². The van der Waals surface area contributed by atoms with E-state index in [1.54, 1.807) is 0 Å². The Kier molecular flexibility index (Phi) is 3.42. The molecule has 27 heavy (non-hydrogen) atoms. The average Bonchev–Trinajstić information content (AvgIpc) is 3.24. The number of rotatable bonds is 0. The minimum absolute atomic E-state index is 0.0131. The van der Waals surface area contributed by atoms with Crippen molar-refractivity contribution in [3.8, 4) is 0 Å². The molecule has 0 unspecified atom stereocenters. The van der Waals surface area contributed by atoms with Gasteiger partial charge in [-0.3, -0.25) is 4.79 Å². The van der Waals surface area contributed by atoms with Gasteiger partial charge in [-0.05, 0) is 31.1 Å². The van der Waals surface area contributed by atoms with Crippen molar-refractivity contribution in [2.24, 2.45) is 22.7 Å². The Morgan fingerprint density at radius 3 is 2.41 bits per heavy atom. The number of fused-ring (bicyclic) bond motifs is 4. The zero-order valence-electron chi connectivity index (χ0n) is 16.7. The van der Waals surface area contributed by atoms with E-state index in [2.05, 4.69) is 27.7 Å². The Balaban J connectivity index is 1.62. The molecule has 3 aliphatic heterocycles. The van der Waals surface area contributed by atoms with Crippen molar-refractivity contribution in [1.82, 2.24) is 0 Å². The van der Waals surface area contributed by atoms with E-state index in [4.69, 9.17) is 18.9 Å². The maximum Gasteiger partial charge on any atom is 0.509 e. The number of ether oxygens (including phenoxy) is 4. The maximum absolute atomic E-state index is 12.1. The molecule has 6 nitrogen and oxygen atoms in total. The lowest BCUT2D eigenvalue weighted by Gasteiger charge is -2.65. The van der Waals surface area contributed by atoms with Gasteiger partial charge in [0.05, 0.1) is 12.0 Å². The molecule has 3 saturated heterocycles. The molecule has 0 aromatic carbocycles. The van der Waals surface area contributed by atoms with E-state index in [0.29, 0.717) is 13.0 Å². The van der Waals surface area contributed by atoms with E-state index in [9.17, 15) is 9.59 Å². The Morgan fingerprint density at radius 2 is 1.70 bits per heavy atom. The molecule has 2 spiro atoms. The molecule has 0 amide bonds. The first kappa shape index (κ1) is 17.8. The van der Waals surface area contributed by atoms with Gasteiger partial charge in [0.25, 0.3) is 0 Å². The molecular formula is C21H30O6. The third-order valence-electron chi connectivity index (χ3n) is 8.67. The van der Waals surface area contributed by atoms with Gasteiger partial charge in [0, 0.05) is 17.3 Å². The van der Waals surface area contributed by atoms with Crippen molar-refractivity contribution in [3.63, 3.8) is 0 Å². The SMILES string of the molecule is C[C@H]1[C@H]2OC(=O)O[C@H]2[C@H]2C(C)(C)CCC[C@]2(C)[C@@]12CC[C@]1(COC(=O)C1)O2. The third-order valence-corrected chi connectivity index (χ3v) is 8.67. The van der Waals surface area contributed by atoms with Crippen molar-refractivity contribution in [3.05, 3.63) is 0 Å². The van der Waals surface area contributed by atoms with Gasteiger partial charge in [0.2, 0.25) is 0 Å². The lowest BCUT2D eigenvalue weighted by Crippen LogP contribution is -2.70. The van der Waals surface area contributed by atoms with Crippen LogP contribution in [0.5, 0.6) is 0 Å². The summed E-state index contributed by atoms with van der Waals surface area (Å²) in [5.74, 6) is 0.00782. The van der Waals surface area contributed by atoms with Crippen molar-refractivity contribution < 1.29 is 28.5 Å². The van der Waals surface area contributed by atoms with Crippen LogP contribution < -0.4 is 0 Å². The first-order valence-corrected chi connectivity index (χ1v) is 10.4. The zero-order chi connectivity index (χ0) is 19.2. The molecule has 7 atom stereocenters. The summed E-state index contributed by atoms with van der Waals surface area (Å²) in [5, 5.41) is 0. The monoisotopic (exact) mass is 378 g/mol. The maximum atomic E-state index is 12.1. The van der Waals surface area contributed by atoms with Crippen LogP contribution in [0.3, 0.4) is 0 Å². The van der Waals surface area contributed by atoms with Crippen molar-refractivity contribution >= 4 is 12.1 Å². The normalized spacial score (nSPS) is 53.0. The molecule has 6 heteroatoms. The summed E-state index contributed by atoms with van der Waals surface area (Å²) in [6.45, 7) is 9.38. The fourth-order valence-corrected chi connectivity index (χ4v) is 7.61. The molecule has 5 aliphatic rings. The summed E-state index contributed by atoms with van der Waals surface area (Å²) in [7, 11) is 0. The van der Waals surface area contributed by atoms with Crippen LogP contribution in [0.1, 0.15) is 66.2 Å². The van der Waals surface area contributed by atoms with Gasteiger partial charge >= 0.3 is 12.1 Å². The molecule has 5 rings (SSSR count). The van der Waals surface area contributed by atoms with Crippen LogP contribution in [-0.4, -0.2) is 42.1 Å². The quantitative estimate of drug-likeness (QED) is 0.600. The average molecular weight is 378 g/mol. The summed E-state index contributed by atoms with van der Waals surface area (Å²) in [5.41, 5.74) is -1.06. The Labute approximate surface area is 160 Å². The lowest BCUT2D eigenvalue weighted by molar-refractivity contribution is -0.279. The van der Waals surface area contributed by atoms with Crippen LogP contribution >= 0.6 is 0 Å². The summed E-state index contributed by atoms with van der Waals surface area (Å²) in [4.78, 5) is 23.9. The number of hydrogen-bond acceptors (Lipinski definition) is 6. The number of carbonyl (C=O) groups excluding carboxylic acids is 2. The van der Waals surface area contributed by atoms with Gasteiger partial charge in [0.1, 0.15) is 24.4 Å². The van der Waals surface area contributed by atoms with E-state index in [0.717, 1.165) is 32.1 Å². The molecule has 0 aromatic heterocycles. The van der Waals surface area contributed by atoms with Crippen LogP contribution in [0.15, 0.2) is 0 Å². The van der Waals surface area contributed by atoms with Gasteiger partial charge in [-0.2, -0.15) is 0 Å². The summed E-state index contributed by atoms with van der Waals surface area (Å²) in [6, 6.07) is 0. The molecule has 0 N–H and O–H groups in total. The molecule has 5 fully saturated rings. The summed E-state index contributed by atoms with van der Waals surface area (Å²) < 4.78 is 23.7. The Morgan fingerprint density at radius 1 is 0.963 bits per heavy atom.